The Hall–Kier alpha value is -1.69. The minimum Gasteiger partial charge on any atom is -0.342 e. The number of unbranched alkanes of at least 4 members (excludes halogenated alkanes) is 1. The van der Waals surface area contributed by atoms with Gasteiger partial charge in [-0.15, -0.1) is 0 Å². The van der Waals surface area contributed by atoms with Crippen molar-refractivity contribution >= 4 is 17.5 Å². The zero-order chi connectivity index (χ0) is 19.5. The number of ketones is 1. The summed E-state index contributed by atoms with van der Waals surface area (Å²) in [7, 11) is 0. The zero-order valence-corrected chi connectivity index (χ0v) is 16.3. The Balaban J connectivity index is 2.35. The molecule has 1 heterocycles. The van der Waals surface area contributed by atoms with Crippen LogP contribution in [-0.2, 0) is 6.18 Å². The van der Waals surface area contributed by atoms with Crippen molar-refractivity contribution in [3.8, 4) is 0 Å². The van der Waals surface area contributed by atoms with Crippen LogP contribution in [0, 0.1) is 5.41 Å². The van der Waals surface area contributed by atoms with E-state index >= 15 is 0 Å². The molecule has 0 radical (unpaired) electrons. The summed E-state index contributed by atoms with van der Waals surface area (Å²) in [5.74, 6) is -0.620. The molecule has 142 valence electrons. The van der Waals surface area contributed by atoms with Crippen LogP contribution in [0.15, 0.2) is 46.5 Å². The second kappa shape index (κ2) is 7.91. The van der Waals surface area contributed by atoms with E-state index in [1.165, 1.54) is 36.0 Å². The van der Waals surface area contributed by atoms with Crippen molar-refractivity contribution in [2.24, 2.45) is 5.41 Å². The standard InChI is InChI=1S/C20H24F3NOS/c1-5-6-11-24-13-17(19(2,3)4)26-18(24)12-16(25)14-9-7-8-10-15(14)20(21,22)23/h7-10,12-13H,5-6,11H2,1-4H3/b18-12-. The summed E-state index contributed by atoms with van der Waals surface area (Å²) in [6.07, 6.45) is 0.733. The Morgan fingerprint density at radius 1 is 1.19 bits per heavy atom. The van der Waals surface area contributed by atoms with Crippen LogP contribution in [0.2, 0.25) is 0 Å². The molecule has 2 nitrogen and oxygen atoms in total. The fourth-order valence-electron chi connectivity index (χ4n) is 2.50. The molecule has 2 rings (SSSR count). The van der Waals surface area contributed by atoms with Crippen LogP contribution < -0.4 is 0 Å². The first-order valence-electron chi connectivity index (χ1n) is 8.63. The largest absolute Gasteiger partial charge is 0.417 e. The second-order valence-corrected chi connectivity index (χ2v) is 8.34. The summed E-state index contributed by atoms with van der Waals surface area (Å²) in [5.41, 5.74) is -1.29. The fourth-order valence-corrected chi connectivity index (χ4v) is 3.64. The van der Waals surface area contributed by atoms with Gasteiger partial charge < -0.3 is 4.90 Å². The van der Waals surface area contributed by atoms with Gasteiger partial charge in [0.05, 0.1) is 10.6 Å². The van der Waals surface area contributed by atoms with Crippen molar-refractivity contribution in [1.29, 1.82) is 0 Å². The number of hydrogen-bond acceptors (Lipinski definition) is 3. The van der Waals surface area contributed by atoms with Crippen molar-refractivity contribution in [3.63, 3.8) is 0 Å². The highest BCUT2D eigenvalue weighted by molar-refractivity contribution is 8.07. The van der Waals surface area contributed by atoms with Gasteiger partial charge >= 0.3 is 6.18 Å². The summed E-state index contributed by atoms with van der Waals surface area (Å²) >= 11 is 1.46. The summed E-state index contributed by atoms with van der Waals surface area (Å²) in [4.78, 5) is 15.7. The van der Waals surface area contributed by atoms with E-state index in [1.807, 2.05) is 11.1 Å². The number of benzene rings is 1. The first-order chi connectivity index (χ1) is 12.0. The number of carbonyl (C=O) groups is 1. The number of allylic oxidation sites excluding steroid dienone is 2. The number of rotatable bonds is 5. The van der Waals surface area contributed by atoms with Crippen molar-refractivity contribution in [2.75, 3.05) is 6.54 Å². The molecule has 0 saturated carbocycles. The van der Waals surface area contributed by atoms with Gasteiger partial charge in [0.15, 0.2) is 5.78 Å². The molecule has 26 heavy (non-hydrogen) atoms. The normalized spacial score (nSPS) is 17.0. The lowest BCUT2D eigenvalue weighted by atomic mass is 9.96. The summed E-state index contributed by atoms with van der Waals surface area (Å²) in [6, 6.07) is 4.93. The monoisotopic (exact) mass is 383 g/mol. The lowest BCUT2D eigenvalue weighted by molar-refractivity contribution is -0.137. The van der Waals surface area contributed by atoms with E-state index in [0.717, 1.165) is 30.4 Å². The maximum atomic E-state index is 13.2. The third-order valence-corrected chi connectivity index (χ3v) is 5.51. The average Bonchev–Trinajstić information content (AvgIpc) is 2.95. The molecular formula is C20H24F3NOS. The van der Waals surface area contributed by atoms with Gasteiger partial charge in [-0.05, 0) is 17.9 Å². The number of halogens is 3. The van der Waals surface area contributed by atoms with Crippen LogP contribution in [0.1, 0.15) is 56.5 Å². The van der Waals surface area contributed by atoms with E-state index in [9.17, 15) is 18.0 Å². The Bertz CT molecular complexity index is 729. The predicted molar refractivity (Wildman–Crippen MR) is 101 cm³/mol. The van der Waals surface area contributed by atoms with Gasteiger partial charge in [-0.25, -0.2) is 0 Å². The lowest BCUT2D eigenvalue weighted by Crippen LogP contribution is -2.16. The number of hydrogen-bond donors (Lipinski definition) is 0. The summed E-state index contributed by atoms with van der Waals surface area (Å²) in [6.45, 7) is 9.05. The number of thioether (sulfide) groups is 1. The van der Waals surface area contributed by atoms with Gasteiger partial charge in [0, 0.05) is 29.3 Å². The molecule has 0 fully saturated rings. The second-order valence-electron chi connectivity index (χ2n) is 7.28. The minimum absolute atomic E-state index is 0.0857. The Labute approximate surface area is 157 Å². The van der Waals surface area contributed by atoms with Crippen molar-refractivity contribution < 1.29 is 18.0 Å². The molecule has 0 atom stereocenters. The molecule has 0 aromatic heterocycles. The van der Waals surface area contributed by atoms with Gasteiger partial charge in [-0.1, -0.05) is 64.1 Å². The number of nitrogens with zero attached hydrogens (tertiary/aromatic N) is 1. The highest BCUT2D eigenvalue weighted by Gasteiger charge is 2.35. The molecule has 1 aliphatic rings. The van der Waals surface area contributed by atoms with Crippen LogP contribution >= 0.6 is 11.8 Å². The molecule has 6 heteroatoms. The molecule has 1 aromatic rings. The quantitative estimate of drug-likeness (QED) is 0.429. The maximum Gasteiger partial charge on any atom is 0.417 e. The predicted octanol–water partition coefficient (Wildman–Crippen LogP) is 6.47. The van der Waals surface area contributed by atoms with Gasteiger partial charge in [0.25, 0.3) is 0 Å². The highest BCUT2D eigenvalue weighted by atomic mass is 32.2. The van der Waals surface area contributed by atoms with Crippen molar-refractivity contribution in [1.82, 2.24) is 4.90 Å². The van der Waals surface area contributed by atoms with Crippen LogP contribution in [0.4, 0.5) is 13.2 Å². The smallest absolute Gasteiger partial charge is 0.342 e. The van der Waals surface area contributed by atoms with Crippen molar-refractivity contribution in [3.05, 3.63) is 57.6 Å². The third kappa shape index (κ3) is 4.93. The summed E-state index contributed by atoms with van der Waals surface area (Å²) in [5, 5.41) is 0.686. The van der Waals surface area contributed by atoms with E-state index < -0.39 is 17.5 Å². The van der Waals surface area contributed by atoms with Gasteiger partial charge in [0.2, 0.25) is 0 Å². The molecule has 0 aliphatic carbocycles. The van der Waals surface area contributed by atoms with Crippen LogP contribution in [0.25, 0.3) is 0 Å². The van der Waals surface area contributed by atoms with Crippen LogP contribution in [0.3, 0.4) is 0 Å². The highest BCUT2D eigenvalue weighted by Crippen LogP contribution is 2.45. The first-order valence-corrected chi connectivity index (χ1v) is 9.44. The van der Waals surface area contributed by atoms with Crippen LogP contribution in [-0.4, -0.2) is 17.2 Å². The summed E-state index contributed by atoms with van der Waals surface area (Å²) < 4.78 is 39.6. The lowest BCUT2D eigenvalue weighted by Gasteiger charge is -2.18. The molecule has 0 spiro atoms. The van der Waals surface area contributed by atoms with Gasteiger partial charge in [-0.2, -0.15) is 13.2 Å². The van der Waals surface area contributed by atoms with Crippen molar-refractivity contribution in [2.45, 2.75) is 46.7 Å². The molecule has 0 amide bonds. The van der Waals surface area contributed by atoms with E-state index in [0.29, 0.717) is 5.03 Å². The molecule has 1 aliphatic heterocycles. The molecule has 0 bridgehead atoms. The number of carbonyl (C=O) groups excluding carboxylic acids is 1. The minimum atomic E-state index is -4.55. The van der Waals surface area contributed by atoms with Crippen LogP contribution in [0.5, 0.6) is 0 Å². The molecule has 0 saturated heterocycles. The van der Waals surface area contributed by atoms with E-state index in [2.05, 4.69) is 27.7 Å². The average molecular weight is 383 g/mol. The topological polar surface area (TPSA) is 20.3 Å². The zero-order valence-electron chi connectivity index (χ0n) is 15.5. The first kappa shape index (κ1) is 20.6. The van der Waals surface area contributed by atoms with Gasteiger partial charge in [0.1, 0.15) is 0 Å². The van der Waals surface area contributed by atoms with Gasteiger partial charge in [-0.3, -0.25) is 4.79 Å². The van der Waals surface area contributed by atoms with E-state index in [-0.39, 0.29) is 11.0 Å². The molecule has 1 aromatic carbocycles. The molecule has 0 unspecified atom stereocenters. The third-order valence-electron chi connectivity index (χ3n) is 4.01. The number of alkyl halides is 3. The SMILES string of the molecule is CCCCN1C=C(C(C)(C)C)S/C1=C\C(=O)c1ccccc1C(F)(F)F. The Morgan fingerprint density at radius 3 is 2.42 bits per heavy atom. The van der Waals surface area contributed by atoms with E-state index in [4.69, 9.17) is 0 Å². The van der Waals surface area contributed by atoms with E-state index in [1.54, 1.807) is 0 Å². The fraction of sp³-hybridized carbons (Fsp3) is 0.450. The molecular weight excluding hydrogens is 359 g/mol. The Kier molecular flexibility index (Phi) is 6.27. The molecule has 0 N–H and O–H groups in total. The maximum absolute atomic E-state index is 13.2. The Morgan fingerprint density at radius 2 is 1.85 bits per heavy atom.